The van der Waals surface area contributed by atoms with Crippen LogP contribution in [0.5, 0.6) is 0 Å². The summed E-state index contributed by atoms with van der Waals surface area (Å²) < 4.78 is 25.3. The minimum Gasteiger partial charge on any atom is -0.338 e. The average molecular weight is 427 g/mol. The van der Waals surface area contributed by atoms with Gasteiger partial charge in [0.15, 0.2) is 9.84 Å². The van der Waals surface area contributed by atoms with Gasteiger partial charge in [0, 0.05) is 36.1 Å². The van der Waals surface area contributed by atoms with Gasteiger partial charge in [0.05, 0.1) is 15.7 Å². The van der Waals surface area contributed by atoms with E-state index in [0.29, 0.717) is 29.1 Å². The molecule has 1 aliphatic heterocycles. The molecule has 2 aromatic carbocycles. The van der Waals surface area contributed by atoms with Crippen molar-refractivity contribution in [3.63, 3.8) is 0 Å². The number of carbonyl (C=O) groups excluding carboxylic acids is 1. The average Bonchev–Trinajstić information content (AvgIpc) is 3.29. The van der Waals surface area contributed by atoms with Crippen LogP contribution in [0.1, 0.15) is 39.7 Å². The Kier molecular flexibility index (Phi) is 5.78. The molecule has 150 valence electrons. The first-order chi connectivity index (χ1) is 14.0. The van der Waals surface area contributed by atoms with Gasteiger partial charge in [0.2, 0.25) is 0 Å². The third kappa shape index (κ3) is 4.57. The number of likely N-dealkylation sites (tertiary alicyclic amines) is 1. The molecule has 0 radical (unpaired) electrons. The van der Waals surface area contributed by atoms with Crippen LogP contribution in [0.3, 0.4) is 0 Å². The highest BCUT2D eigenvalue weighted by Crippen LogP contribution is 2.29. The Labute approximate surface area is 175 Å². The fourth-order valence-electron chi connectivity index (χ4n) is 3.71. The summed E-state index contributed by atoms with van der Waals surface area (Å²) in [5, 5.41) is 3.04. The molecule has 0 spiro atoms. The largest absolute Gasteiger partial charge is 0.338 e. The van der Waals surface area contributed by atoms with E-state index in [2.05, 4.69) is 4.98 Å². The Hall–Kier alpha value is -2.51. The predicted octanol–water partition coefficient (Wildman–Crippen LogP) is 4.14. The standard InChI is InChI=1S/C22H22N2O3S2/c25-22(24-12-5-8-19(15-24)21-23-11-13-28-21)18-7-4-6-17(14-18)16-29(26,27)20-9-2-1-3-10-20/h1-4,6-7,9-11,13-14,19H,5,8,12,15-16H2. The van der Waals surface area contributed by atoms with E-state index in [0.717, 1.165) is 17.8 Å². The molecule has 4 rings (SSSR count). The molecule has 1 aliphatic rings. The van der Waals surface area contributed by atoms with Crippen LogP contribution in [-0.2, 0) is 15.6 Å². The zero-order valence-corrected chi connectivity index (χ0v) is 17.5. The van der Waals surface area contributed by atoms with Crippen molar-refractivity contribution in [3.8, 4) is 0 Å². The van der Waals surface area contributed by atoms with Gasteiger partial charge in [0.1, 0.15) is 0 Å². The van der Waals surface area contributed by atoms with Crippen LogP contribution in [0.4, 0.5) is 0 Å². The van der Waals surface area contributed by atoms with Crippen LogP contribution in [0.2, 0.25) is 0 Å². The number of piperidine rings is 1. The van der Waals surface area contributed by atoms with E-state index in [1.807, 2.05) is 10.3 Å². The molecule has 7 heteroatoms. The Balaban J connectivity index is 1.50. The molecule has 1 aromatic heterocycles. The van der Waals surface area contributed by atoms with Gasteiger partial charge in [-0.1, -0.05) is 30.3 Å². The van der Waals surface area contributed by atoms with Gasteiger partial charge in [-0.05, 0) is 42.7 Å². The van der Waals surface area contributed by atoms with E-state index >= 15 is 0 Å². The van der Waals surface area contributed by atoms with Gasteiger partial charge >= 0.3 is 0 Å². The fraction of sp³-hybridized carbons (Fsp3) is 0.273. The summed E-state index contributed by atoms with van der Waals surface area (Å²) in [5.74, 6) is 0.0967. The quantitative estimate of drug-likeness (QED) is 0.615. The van der Waals surface area contributed by atoms with Crippen molar-refractivity contribution in [2.24, 2.45) is 0 Å². The highest BCUT2D eigenvalue weighted by molar-refractivity contribution is 7.90. The molecule has 5 nitrogen and oxygen atoms in total. The number of hydrogen-bond acceptors (Lipinski definition) is 5. The van der Waals surface area contributed by atoms with Gasteiger partial charge in [-0.3, -0.25) is 4.79 Å². The monoisotopic (exact) mass is 426 g/mol. The highest BCUT2D eigenvalue weighted by atomic mass is 32.2. The van der Waals surface area contributed by atoms with Crippen molar-refractivity contribution >= 4 is 27.1 Å². The number of hydrogen-bond donors (Lipinski definition) is 0. The SMILES string of the molecule is O=C(c1cccc(CS(=O)(=O)c2ccccc2)c1)N1CCCC(c2nccs2)C1. The molecule has 1 amide bonds. The van der Waals surface area contributed by atoms with Crippen molar-refractivity contribution in [1.82, 2.24) is 9.88 Å². The number of benzene rings is 2. The summed E-state index contributed by atoms with van der Waals surface area (Å²) >= 11 is 1.63. The fourth-order valence-corrected chi connectivity index (χ4v) is 5.83. The molecule has 0 bridgehead atoms. The molecule has 2 heterocycles. The van der Waals surface area contributed by atoms with E-state index < -0.39 is 9.84 Å². The third-order valence-corrected chi connectivity index (χ3v) is 7.78. The number of carbonyl (C=O) groups is 1. The lowest BCUT2D eigenvalue weighted by Crippen LogP contribution is -2.39. The first-order valence-corrected chi connectivity index (χ1v) is 12.1. The lowest BCUT2D eigenvalue weighted by Gasteiger charge is -2.32. The molecule has 0 saturated carbocycles. The Morgan fingerprint density at radius 1 is 1.14 bits per heavy atom. The Morgan fingerprint density at radius 3 is 2.72 bits per heavy atom. The second kappa shape index (κ2) is 8.47. The second-order valence-electron chi connectivity index (χ2n) is 7.23. The van der Waals surface area contributed by atoms with E-state index in [1.54, 1.807) is 72.1 Å². The van der Waals surface area contributed by atoms with Crippen LogP contribution in [0, 0.1) is 0 Å². The van der Waals surface area contributed by atoms with Gasteiger partial charge < -0.3 is 4.90 Å². The predicted molar refractivity (Wildman–Crippen MR) is 114 cm³/mol. The molecule has 29 heavy (non-hydrogen) atoms. The lowest BCUT2D eigenvalue weighted by atomic mass is 9.98. The molecule has 1 unspecified atom stereocenters. The van der Waals surface area contributed by atoms with E-state index in [-0.39, 0.29) is 17.6 Å². The number of sulfone groups is 1. The van der Waals surface area contributed by atoms with Crippen LogP contribution in [0.25, 0.3) is 0 Å². The molecule has 0 aliphatic carbocycles. The zero-order valence-electron chi connectivity index (χ0n) is 15.9. The van der Waals surface area contributed by atoms with Crippen molar-refractivity contribution in [1.29, 1.82) is 0 Å². The van der Waals surface area contributed by atoms with Crippen LogP contribution in [0.15, 0.2) is 71.1 Å². The molecule has 3 aromatic rings. The number of nitrogens with zero attached hydrogens (tertiary/aromatic N) is 2. The maximum Gasteiger partial charge on any atom is 0.253 e. The number of aromatic nitrogens is 1. The van der Waals surface area contributed by atoms with Crippen LogP contribution >= 0.6 is 11.3 Å². The van der Waals surface area contributed by atoms with Crippen LogP contribution < -0.4 is 0 Å². The summed E-state index contributed by atoms with van der Waals surface area (Å²) in [5.41, 5.74) is 1.15. The minimum absolute atomic E-state index is 0.0507. The maximum absolute atomic E-state index is 13.1. The van der Waals surface area contributed by atoms with Gasteiger partial charge in [-0.2, -0.15) is 0 Å². The van der Waals surface area contributed by atoms with E-state index in [4.69, 9.17) is 0 Å². The topological polar surface area (TPSA) is 67.3 Å². The van der Waals surface area contributed by atoms with E-state index in [9.17, 15) is 13.2 Å². The number of thiazole rings is 1. The summed E-state index contributed by atoms with van der Waals surface area (Å²) in [6.45, 7) is 1.37. The second-order valence-corrected chi connectivity index (χ2v) is 10.1. The Morgan fingerprint density at radius 2 is 1.97 bits per heavy atom. The minimum atomic E-state index is -3.45. The zero-order chi connectivity index (χ0) is 20.3. The highest BCUT2D eigenvalue weighted by Gasteiger charge is 2.27. The Bertz CT molecular complexity index is 1080. The van der Waals surface area contributed by atoms with Crippen molar-refractivity contribution in [2.45, 2.75) is 29.4 Å². The molecular formula is C22H22N2O3S2. The molecule has 0 N–H and O–H groups in total. The summed E-state index contributed by atoms with van der Waals surface area (Å²) in [7, 11) is -3.45. The summed E-state index contributed by atoms with van der Waals surface area (Å²) in [4.78, 5) is 19.6. The molecule has 1 atom stereocenters. The maximum atomic E-state index is 13.1. The van der Waals surface area contributed by atoms with Gasteiger partial charge in [0.25, 0.3) is 5.91 Å². The third-order valence-electron chi connectivity index (χ3n) is 5.14. The molecule has 1 saturated heterocycles. The number of amides is 1. The summed E-state index contributed by atoms with van der Waals surface area (Å²) in [6.07, 6.45) is 3.78. The summed E-state index contributed by atoms with van der Waals surface area (Å²) in [6, 6.07) is 15.4. The van der Waals surface area contributed by atoms with Crippen molar-refractivity contribution in [3.05, 3.63) is 82.3 Å². The van der Waals surface area contributed by atoms with E-state index in [1.165, 1.54) is 0 Å². The van der Waals surface area contributed by atoms with Crippen LogP contribution in [-0.4, -0.2) is 37.3 Å². The smallest absolute Gasteiger partial charge is 0.253 e. The first kappa shape index (κ1) is 19.8. The first-order valence-electron chi connectivity index (χ1n) is 9.58. The van der Waals surface area contributed by atoms with Gasteiger partial charge in [-0.25, -0.2) is 13.4 Å². The normalized spacial score (nSPS) is 17.2. The number of rotatable bonds is 5. The van der Waals surface area contributed by atoms with Crippen molar-refractivity contribution < 1.29 is 13.2 Å². The molecule has 1 fully saturated rings. The van der Waals surface area contributed by atoms with Gasteiger partial charge in [-0.15, -0.1) is 11.3 Å². The van der Waals surface area contributed by atoms with Crippen molar-refractivity contribution in [2.75, 3.05) is 13.1 Å². The molecular weight excluding hydrogens is 404 g/mol. The lowest BCUT2D eigenvalue weighted by molar-refractivity contribution is 0.0707.